The van der Waals surface area contributed by atoms with Crippen molar-refractivity contribution >= 4 is 50.0 Å². The van der Waals surface area contributed by atoms with Crippen molar-refractivity contribution in [3.05, 3.63) is 88.0 Å². The predicted molar refractivity (Wildman–Crippen MR) is 119 cm³/mol. The molecule has 146 valence electrons. The second-order valence-electron chi connectivity index (χ2n) is 6.50. The van der Waals surface area contributed by atoms with Crippen LogP contribution < -0.4 is 10.1 Å². The van der Waals surface area contributed by atoms with Crippen molar-refractivity contribution < 1.29 is 9.53 Å². The molecule has 29 heavy (non-hydrogen) atoms. The highest BCUT2D eigenvalue weighted by Crippen LogP contribution is 2.22. The van der Waals surface area contributed by atoms with Gasteiger partial charge in [-0.25, -0.2) is 0 Å². The Labute approximate surface area is 181 Å². The standard InChI is InChI=1S/C22H17BrClN3O2/c23-20-13-27(12-15-5-8-18(24)9-6-15)26-22(20)25-21(28)14-29-19-10-7-16-3-1-2-4-17(16)11-19/h1-11,13H,12,14H2,(H,25,26,28). The van der Waals surface area contributed by atoms with Gasteiger partial charge in [-0.15, -0.1) is 0 Å². The smallest absolute Gasteiger partial charge is 0.263 e. The van der Waals surface area contributed by atoms with Crippen LogP contribution in [0.15, 0.2) is 77.4 Å². The number of halogens is 2. The van der Waals surface area contributed by atoms with Crippen molar-refractivity contribution in [2.75, 3.05) is 11.9 Å². The van der Waals surface area contributed by atoms with E-state index >= 15 is 0 Å². The highest BCUT2D eigenvalue weighted by molar-refractivity contribution is 9.10. The van der Waals surface area contributed by atoms with Crippen LogP contribution in [-0.2, 0) is 11.3 Å². The van der Waals surface area contributed by atoms with Gasteiger partial charge in [0.05, 0.1) is 11.0 Å². The number of hydrogen-bond donors (Lipinski definition) is 1. The molecule has 3 aromatic carbocycles. The van der Waals surface area contributed by atoms with Crippen LogP contribution in [0.5, 0.6) is 5.75 Å². The summed E-state index contributed by atoms with van der Waals surface area (Å²) in [4.78, 5) is 12.3. The van der Waals surface area contributed by atoms with Crippen molar-refractivity contribution in [2.24, 2.45) is 0 Å². The maximum Gasteiger partial charge on any atom is 0.263 e. The predicted octanol–water partition coefficient (Wildman–Crippen LogP) is 5.52. The van der Waals surface area contributed by atoms with E-state index in [1.54, 1.807) is 4.68 Å². The second kappa shape index (κ2) is 8.68. The van der Waals surface area contributed by atoms with E-state index in [4.69, 9.17) is 16.3 Å². The average Bonchev–Trinajstić information content (AvgIpc) is 3.06. The van der Waals surface area contributed by atoms with E-state index in [9.17, 15) is 4.79 Å². The molecule has 1 aromatic heterocycles. The van der Waals surface area contributed by atoms with Gasteiger partial charge in [0.25, 0.3) is 5.91 Å². The van der Waals surface area contributed by atoms with Gasteiger partial charge in [-0.05, 0) is 56.5 Å². The molecule has 1 N–H and O–H groups in total. The largest absolute Gasteiger partial charge is 0.484 e. The van der Waals surface area contributed by atoms with Gasteiger partial charge in [-0.2, -0.15) is 5.10 Å². The molecule has 0 atom stereocenters. The number of carbonyl (C=O) groups is 1. The van der Waals surface area contributed by atoms with Crippen molar-refractivity contribution in [3.8, 4) is 5.75 Å². The Morgan fingerprint density at radius 1 is 1.07 bits per heavy atom. The van der Waals surface area contributed by atoms with Crippen molar-refractivity contribution in [1.82, 2.24) is 9.78 Å². The van der Waals surface area contributed by atoms with Gasteiger partial charge in [-0.3, -0.25) is 9.48 Å². The second-order valence-corrected chi connectivity index (χ2v) is 7.79. The molecule has 0 aliphatic heterocycles. The molecule has 0 unspecified atom stereocenters. The average molecular weight is 471 g/mol. The molecule has 0 bridgehead atoms. The molecular weight excluding hydrogens is 454 g/mol. The first kappa shape index (κ1) is 19.5. The monoisotopic (exact) mass is 469 g/mol. The van der Waals surface area contributed by atoms with Crippen LogP contribution in [-0.4, -0.2) is 22.3 Å². The zero-order valence-corrected chi connectivity index (χ0v) is 17.7. The highest BCUT2D eigenvalue weighted by atomic mass is 79.9. The van der Waals surface area contributed by atoms with Crippen LogP contribution in [0, 0.1) is 0 Å². The van der Waals surface area contributed by atoms with E-state index < -0.39 is 0 Å². The molecule has 0 fully saturated rings. The summed E-state index contributed by atoms with van der Waals surface area (Å²) in [6.07, 6.45) is 1.81. The minimum Gasteiger partial charge on any atom is -0.484 e. The van der Waals surface area contributed by atoms with E-state index in [0.717, 1.165) is 16.3 Å². The molecular formula is C22H17BrClN3O2. The number of fused-ring (bicyclic) bond motifs is 1. The molecule has 7 heteroatoms. The maximum atomic E-state index is 12.3. The fraction of sp³-hybridized carbons (Fsp3) is 0.0909. The number of ether oxygens (including phenoxy) is 1. The Bertz CT molecular complexity index is 1160. The number of nitrogens with zero attached hydrogens (tertiary/aromatic N) is 2. The number of rotatable bonds is 6. The number of anilines is 1. The van der Waals surface area contributed by atoms with Crippen LogP contribution in [0.1, 0.15) is 5.56 Å². The lowest BCUT2D eigenvalue weighted by Crippen LogP contribution is -2.20. The number of amides is 1. The summed E-state index contributed by atoms with van der Waals surface area (Å²) >= 11 is 9.35. The first-order valence-corrected chi connectivity index (χ1v) is 10.1. The quantitative estimate of drug-likeness (QED) is 0.404. The Balaban J connectivity index is 1.36. The van der Waals surface area contributed by atoms with Crippen molar-refractivity contribution in [2.45, 2.75) is 6.54 Å². The third kappa shape index (κ3) is 4.96. The van der Waals surface area contributed by atoms with Crippen LogP contribution in [0.25, 0.3) is 10.8 Å². The van der Waals surface area contributed by atoms with Crippen molar-refractivity contribution in [1.29, 1.82) is 0 Å². The van der Waals surface area contributed by atoms with Gasteiger partial charge in [0, 0.05) is 11.2 Å². The zero-order valence-electron chi connectivity index (χ0n) is 15.3. The van der Waals surface area contributed by atoms with Crippen LogP contribution in [0.2, 0.25) is 5.02 Å². The number of hydrogen-bond acceptors (Lipinski definition) is 3. The molecule has 0 radical (unpaired) electrons. The summed E-state index contributed by atoms with van der Waals surface area (Å²) in [5.74, 6) is 0.813. The fourth-order valence-electron chi connectivity index (χ4n) is 2.91. The number of aromatic nitrogens is 2. The zero-order chi connectivity index (χ0) is 20.2. The summed E-state index contributed by atoms with van der Waals surface area (Å²) in [6, 6.07) is 21.3. The van der Waals surface area contributed by atoms with Crippen LogP contribution in [0.3, 0.4) is 0 Å². The summed E-state index contributed by atoms with van der Waals surface area (Å²) in [5.41, 5.74) is 1.06. The minimum atomic E-state index is -0.282. The molecule has 4 rings (SSSR count). The fourth-order valence-corrected chi connectivity index (χ4v) is 3.45. The molecule has 1 amide bonds. The van der Waals surface area contributed by atoms with Gasteiger partial charge >= 0.3 is 0 Å². The molecule has 0 saturated heterocycles. The Hall–Kier alpha value is -2.83. The number of benzene rings is 3. The van der Waals surface area contributed by atoms with Crippen molar-refractivity contribution in [3.63, 3.8) is 0 Å². The molecule has 0 spiro atoms. The Kier molecular flexibility index (Phi) is 5.83. The van der Waals surface area contributed by atoms with E-state index in [0.29, 0.717) is 27.6 Å². The third-order valence-corrected chi connectivity index (χ3v) is 5.16. The lowest BCUT2D eigenvalue weighted by Gasteiger charge is -2.07. The van der Waals surface area contributed by atoms with Crippen LogP contribution >= 0.6 is 27.5 Å². The van der Waals surface area contributed by atoms with Gasteiger partial charge < -0.3 is 10.1 Å². The van der Waals surface area contributed by atoms with Gasteiger partial charge in [0.2, 0.25) is 0 Å². The molecule has 1 heterocycles. The molecule has 0 aliphatic rings. The summed E-state index contributed by atoms with van der Waals surface area (Å²) in [7, 11) is 0. The SMILES string of the molecule is O=C(COc1ccc2ccccc2c1)Nc1nn(Cc2ccc(Cl)cc2)cc1Br. The Morgan fingerprint density at radius 3 is 2.62 bits per heavy atom. The van der Waals surface area contributed by atoms with E-state index in [-0.39, 0.29) is 12.5 Å². The normalized spacial score (nSPS) is 10.8. The lowest BCUT2D eigenvalue weighted by molar-refractivity contribution is -0.118. The lowest BCUT2D eigenvalue weighted by atomic mass is 10.1. The summed E-state index contributed by atoms with van der Waals surface area (Å²) in [6.45, 7) is 0.466. The summed E-state index contributed by atoms with van der Waals surface area (Å²) in [5, 5.41) is 10.1. The number of carbonyl (C=O) groups excluding carboxylic acids is 1. The Morgan fingerprint density at radius 2 is 1.83 bits per heavy atom. The van der Waals surface area contributed by atoms with Crippen LogP contribution in [0.4, 0.5) is 5.82 Å². The molecule has 0 saturated carbocycles. The minimum absolute atomic E-state index is 0.102. The summed E-state index contributed by atoms with van der Waals surface area (Å²) < 4.78 is 8.07. The van der Waals surface area contributed by atoms with E-state index in [1.165, 1.54) is 0 Å². The topological polar surface area (TPSA) is 56.1 Å². The maximum absolute atomic E-state index is 12.3. The van der Waals surface area contributed by atoms with Gasteiger partial charge in [-0.1, -0.05) is 54.1 Å². The van der Waals surface area contributed by atoms with Gasteiger partial charge in [0.1, 0.15) is 5.75 Å². The first-order chi connectivity index (χ1) is 14.1. The third-order valence-electron chi connectivity index (χ3n) is 4.32. The number of nitrogens with one attached hydrogen (secondary N) is 1. The molecule has 4 aromatic rings. The molecule has 0 aliphatic carbocycles. The van der Waals surface area contributed by atoms with Gasteiger partial charge in [0.15, 0.2) is 12.4 Å². The first-order valence-electron chi connectivity index (χ1n) is 8.96. The molecule has 5 nitrogen and oxygen atoms in total. The highest BCUT2D eigenvalue weighted by Gasteiger charge is 2.11. The van der Waals surface area contributed by atoms with E-state index in [1.807, 2.05) is 72.9 Å². The van der Waals surface area contributed by atoms with E-state index in [2.05, 4.69) is 26.3 Å².